The molecule has 12 heteroatoms. The summed E-state index contributed by atoms with van der Waals surface area (Å²) in [4.78, 5) is 13.0. The highest BCUT2D eigenvalue weighted by Gasteiger charge is 2.34. The molecule has 3 heterocycles. The van der Waals surface area contributed by atoms with Crippen molar-refractivity contribution in [3.05, 3.63) is 36.5 Å². The molecule has 4 rings (SSSR count). The molecule has 1 aromatic carbocycles. The molecule has 0 spiro atoms. The molecular formula is C21H26N6O5S. The van der Waals surface area contributed by atoms with Crippen molar-refractivity contribution in [2.24, 2.45) is 5.92 Å². The fourth-order valence-corrected chi connectivity index (χ4v) is 5.12. The van der Waals surface area contributed by atoms with Crippen LogP contribution in [0, 0.1) is 5.92 Å². The van der Waals surface area contributed by atoms with Gasteiger partial charge in [0.25, 0.3) is 5.89 Å². The number of carbonyl (C=O) groups is 1. The largest absolute Gasteiger partial charge is 0.497 e. The van der Waals surface area contributed by atoms with Gasteiger partial charge in [-0.3, -0.25) is 14.8 Å². The topological polar surface area (TPSA) is 132 Å². The van der Waals surface area contributed by atoms with Gasteiger partial charge in [0, 0.05) is 25.3 Å². The van der Waals surface area contributed by atoms with E-state index in [4.69, 9.17) is 9.15 Å². The Morgan fingerprint density at radius 2 is 1.97 bits per heavy atom. The summed E-state index contributed by atoms with van der Waals surface area (Å²) in [7, 11) is -2.21. The monoisotopic (exact) mass is 474 g/mol. The maximum absolute atomic E-state index is 13.0. The second-order valence-electron chi connectivity index (χ2n) is 8.05. The van der Waals surface area contributed by atoms with E-state index < -0.39 is 15.9 Å². The zero-order valence-corrected chi connectivity index (χ0v) is 19.4. The van der Waals surface area contributed by atoms with Crippen LogP contribution < -0.4 is 10.1 Å². The van der Waals surface area contributed by atoms with Crippen LogP contribution in [-0.4, -0.2) is 58.8 Å². The highest BCUT2D eigenvalue weighted by Crippen LogP contribution is 2.26. The van der Waals surface area contributed by atoms with Crippen LogP contribution in [0.1, 0.15) is 32.7 Å². The fraction of sp³-hybridized carbons (Fsp3) is 0.429. The number of rotatable bonds is 7. The number of hydrogen-bond donors (Lipinski definition) is 1. The molecule has 0 aliphatic carbocycles. The van der Waals surface area contributed by atoms with Gasteiger partial charge >= 0.3 is 6.01 Å². The van der Waals surface area contributed by atoms with Gasteiger partial charge in [-0.25, -0.2) is 8.42 Å². The third-order valence-electron chi connectivity index (χ3n) is 5.46. The molecule has 1 saturated heterocycles. The maximum Gasteiger partial charge on any atom is 0.322 e. The van der Waals surface area contributed by atoms with E-state index >= 15 is 0 Å². The van der Waals surface area contributed by atoms with Gasteiger partial charge in [-0.15, -0.1) is 5.10 Å². The molecule has 0 saturated carbocycles. The standard InChI is InChI=1S/C21H26N6O5S/c1-14(2)27-12-10-18(25-27)20-23-24-21(32-20)22-19(28)15-5-4-11-26(13-15)33(29,30)17-8-6-16(31-3)7-9-17/h6-10,12,14-15H,4-5,11,13H2,1-3H3,(H,22,24,28). The third-order valence-corrected chi connectivity index (χ3v) is 7.34. The van der Waals surface area contributed by atoms with E-state index in [0.29, 0.717) is 30.8 Å². The van der Waals surface area contributed by atoms with E-state index in [1.165, 1.54) is 23.5 Å². The molecule has 3 aromatic rings. The number of methoxy groups -OCH3 is 1. The normalized spacial score (nSPS) is 17.3. The first kappa shape index (κ1) is 22.9. The molecule has 11 nitrogen and oxygen atoms in total. The Morgan fingerprint density at radius 3 is 2.64 bits per heavy atom. The zero-order chi connectivity index (χ0) is 23.6. The summed E-state index contributed by atoms with van der Waals surface area (Å²) in [6.45, 7) is 4.42. The van der Waals surface area contributed by atoms with E-state index in [1.54, 1.807) is 22.9 Å². The predicted octanol–water partition coefficient (Wildman–Crippen LogP) is 2.56. The Bertz CT molecular complexity index is 1220. The summed E-state index contributed by atoms with van der Waals surface area (Å²) in [6, 6.07) is 8.07. The summed E-state index contributed by atoms with van der Waals surface area (Å²) in [5, 5.41) is 14.8. The second-order valence-corrected chi connectivity index (χ2v) is 9.99. The van der Waals surface area contributed by atoms with E-state index in [-0.39, 0.29) is 35.3 Å². The van der Waals surface area contributed by atoms with Crippen LogP contribution in [0.5, 0.6) is 5.75 Å². The van der Waals surface area contributed by atoms with Gasteiger partial charge in [0.15, 0.2) is 0 Å². The summed E-state index contributed by atoms with van der Waals surface area (Å²) < 4.78 is 39.8. The van der Waals surface area contributed by atoms with Crippen molar-refractivity contribution in [1.82, 2.24) is 24.3 Å². The number of hydrogen-bond acceptors (Lipinski definition) is 8. The Balaban J connectivity index is 1.42. The molecule has 1 aliphatic rings. The molecule has 1 amide bonds. The summed E-state index contributed by atoms with van der Waals surface area (Å²) in [5.41, 5.74) is 0.506. The summed E-state index contributed by atoms with van der Waals surface area (Å²) >= 11 is 0. The number of aromatic nitrogens is 4. The molecule has 33 heavy (non-hydrogen) atoms. The van der Waals surface area contributed by atoms with Crippen molar-refractivity contribution in [2.45, 2.75) is 37.6 Å². The summed E-state index contributed by atoms with van der Waals surface area (Å²) in [5.74, 6) is -0.147. The quantitative estimate of drug-likeness (QED) is 0.552. The lowest BCUT2D eigenvalue weighted by molar-refractivity contribution is -0.121. The first-order valence-electron chi connectivity index (χ1n) is 10.6. The molecule has 2 aromatic heterocycles. The van der Waals surface area contributed by atoms with Crippen LogP contribution in [0.2, 0.25) is 0 Å². The average Bonchev–Trinajstić information content (AvgIpc) is 3.49. The van der Waals surface area contributed by atoms with Gasteiger partial charge < -0.3 is 9.15 Å². The highest BCUT2D eigenvalue weighted by molar-refractivity contribution is 7.89. The van der Waals surface area contributed by atoms with Gasteiger partial charge in [-0.05, 0) is 57.0 Å². The lowest BCUT2D eigenvalue weighted by atomic mass is 9.99. The van der Waals surface area contributed by atoms with Crippen molar-refractivity contribution < 1.29 is 22.4 Å². The minimum absolute atomic E-state index is 0.0516. The first-order valence-corrected chi connectivity index (χ1v) is 12.1. The number of nitrogens with one attached hydrogen (secondary N) is 1. The number of nitrogens with zero attached hydrogens (tertiary/aromatic N) is 5. The van der Waals surface area contributed by atoms with E-state index in [1.807, 2.05) is 20.0 Å². The lowest BCUT2D eigenvalue weighted by Crippen LogP contribution is -2.43. The molecule has 1 unspecified atom stereocenters. The third kappa shape index (κ3) is 4.91. The average molecular weight is 475 g/mol. The number of anilines is 1. The number of piperidine rings is 1. The minimum atomic E-state index is -3.73. The van der Waals surface area contributed by atoms with Gasteiger partial charge in [-0.2, -0.15) is 9.40 Å². The van der Waals surface area contributed by atoms with Crippen molar-refractivity contribution in [2.75, 3.05) is 25.5 Å². The number of ether oxygens (including phenoxy) is 1. The Hall–Kier alpha value is -3.25. The molecule has 1 N–H and O–H groups in total. The maximum atomic E-state index is 13.0. The van der Waals surface area contributed by atoms with Gasteiger partial charge in [0.2, 0.25) is 15.9 Å². The Kier molecular flexibility index (Phi) is 6.47. The number of carbonyl (C=O) groups excluding carboxylic acids is 1. The van der Waals surface area contributed by atoms with Crippen molar-refractivity contribution in [1.29, 1.82) is 0 Å². The molecule has 0 radical (unpaired) electrons. The van der Waals surface area contributed by atoms with E-state index in [0.717, 1.165) is 0 Å². The Labute approximate surface area is 191 Å². The van der Waals surface area contributed by atoms with Crippen molar-refractivity contribution in [3.63, 3.8) is 0 Å². The van der Waals surface area contributed by atoms with Crippen LogP contribution in [-0.2, 0) is 14.8 Å². The summed E-state index contributed by atoms with van der Waals surface area (Å²) in [6.07, 6.45) is 2.93. The molecule has 1 atom stereocenters. The number of sulfonamides is 1. The molecular weight excluding hydrogens is 448 g/mol. The molecule has 1 fully saturated rings. The van der Waals surface area contributed by atoms with Crippen LogP contribution >= 0.6 is 0 Å². The second kappa shape index (κ2) is 9.32. The van der Waals surface area contributed by atoms with Gasteiger partial charge in [0.1, 0.15) is 11.4 Å². The highest BCUT2D eigenvalue weighted by atomic mass is 32.2. The van der Waals surface area contributed by atoms with E-state index in [2.05, 4.69) is 20.6 Å². The molecule has 0 bridgehead atoms. The van der Waals surface area contributed by atoms with E-state index in [9.17, 15) is 13.2 Å². The molecule has 1 aliphatic heterocycles. The number of benzene rings is 1. The molecule has 176 valence electrons. The van der Waals surface area contributed by atoms with Gasteiger partial charge in [0.05, 0.1) is 17.9 Å². The first-order chi connectivity index (χ1) is 15.8. The number of amides is 1. The van der Waals surface area contributed by atoms with Gasteiger partial charge in [-0.1, -0.05) is 5.10 Å². The van der Waals surface area contributed by atoms with Crippen molar-refractivity contribution >= 4 is 21.9 Å². The minimum Gasteiger partial charge on any atom is -0.497 e. The lowest BCUT2D eigenvalue weighted by Gasteiger charge is -2.30. The van der Waals surface area contributed by atoms with Crippen molar-refractivity contribution in [3.8, 4) is 17.3 Å². The smallest absolute Gasteiger partial charge is 0.322 e. The van der Waals surface area contributed by atoms with Crippen LogP contribution in [0.15, 0.2) is 45.8 Å². The predicted molar refractivity (Wildman–Crippen MR) is 119 cm³/mol. The van der Waals surface area contributed by atoms with Crippen LogP contribution in [0.3, 0.4) is 0 Å². The van der Waals surface area contributed by atoms with Crippen LogP contribution in [0.4, 0.5) is 6.01 Å². The zero-order valence-electron chi connectivity index (χ0n) is 18.6. The fourth-order valence-electron chi connectivity index (χ4n) is 3.60. The van der Waals surface area contributed by atoms with Crippen LogP contribution in [0.25, 0.3) is 11.6 Å². The Morgan fingerprint density at radius 1 is 1.21 bits per heavy atom. The SMILES string of the molecule is COc1ccc(S(=O)(=O)N2CCCC(C(=O)Nc3nnc(-c4ccn(C(C)C)n4)o3)C2)cc1.